The lowest BCUT2D eigenvalue weighted by atomic mass is 9.96. The summed E-state index contributed by atoms with van der Waals surface area (Å²) in [5, 5.41) is 0. The summed E-state index contributed by atoms with van der Waals surface area (Å²) in [6, 6.07) is 1.39. The lowest BCUT2D eigenvalue weighted by Gasteiger charge is -2.23. The highest BCUT2D eigenvalue weighted by Gasteiger charge is 2.33. The third kappa shape index (κ3) is 2.20. The Labute approximate surface area is 110 Å². The first kappa shape index (κ1) is 12.1. The summed E-state index contributed by atoms with van der Waals surface area (Å²) in [6.45, 7) is 0. The van der Waals surface area contributed by atoms with Gasteiger partial charge in [-0.2, -0.15) is 0 Å². The van der Waals surface area contributed by atoms with E-state index in [1.165, 1.54) is 26.0 Å². The van der Waals surface area contributed by atoms with Crippen LogP contribution in [0.4, 0.5) is 0 Å². The van der Waals surface area contributed by atoms with Crippen molar-refractivity contribution in [1.29, 1.82) is 0 Å². The van der Waals surface area contributed by atoms with Gasteiger partial charge in [-0.3, -0.25) is 14.5 Å². The predicted octanol–water partition coefficient (Wildman–Crippen LogP) is 1.14. The molecule has 5 heteroatoms. The van der Waals surface area contributed by atoms with Gasteiger partial charge in [-0.15, -0.1) is 0 Å². The molecule has 1 aromatic rings. The van der Waals surface area contributed by atoms with Crippen molar-refractivity contribution in [3.05, 3.63) is 33.4 Å². The van der Waals surface area contributed by atoms with Crippen LogP contribution < -0.4 is 5.63 Å². The number of nitrogens with zero attached hydrogens (tertiary/aromatic N) is 1. The molecular weight excluding hydrogens is 246 g/mol. The topological polar surface area (TPSA) is 67.6 Å². The van der Waals surface area contributed by atoms with E-state index < -0.39 is 5.63 Å². The SMILES string of the molecule is CN1C(=O)Cc2oc(=O)cc(CCC3CC3)c2C1=O. The third-order valence-corrected chi connectivity index (χ3v) is 3.84. The van der Waals surface area contributed by atoms with E-state index in [2.05, 4.69) is 0 Å². The van der Waals surface area contributed by atoms with Gasteiger partial charge in [-0.05, 0) is 24.3 Å². The second-order valence-corrected chi connectivity index (χ2v) is 5.31. The highest BCUT2D eigenvalue weighted by molar-refractivity contribution is 6.09. The lowest BCUT2D eigenvalue weighted by Crippen LogP contribution is -2.40. The lowest BCUT2D eigenvalue weighted by molar-refractivity contribution is -0.127. The average molecular weight is 261 g/mol. The molecule has 1 aliphatic heterocycles. The summed E-state index contributed by atoms with van der Waals surface area (Å²) in [5.41, 5.74) is 0.666. The zero-order valence-electron chi connectivity index (χ0n) is 10.8. The number of aryl methyl sites for hydroxylation is 1. The van der Waals surface area contributed by atoms with Crippen molar-refractivity contribution in [2.75, 3.05) is 7.05 Å². The van der Waals surface area contributed by atoms with Crippen molar-refractivity contribution < 1.29 is 14.0 Å². The van der Waals surface area contributed by atoms with Crippen LogP contribution in [0.2, 0.25) is 0 Å². The van der Waals surface area contributed by atoms with Gasteiger partial charge in [-0.25, -0.2) is 4.79 Å². The molecule has 0 N–H and O–H groups in total. The van der Waals surface area contributed by atoms with Gasteiger partial charge in [0, 0.05) is 13.1 Å². The molecule has 0 spiro atoms. The van der Waals surface area contributed by atoms with Gasteiger partial charge >= 0.3 is 5.63 Å². The van der Waals surface area contributed by atoms with Crippen molar-refractivity contribution in [3.63, 3.8) is 0 Å². The molecule has 5 nitrogen and oxygen atoms in total. The van der Waals surface area contributed by atoms with Crippen LogP contribution in [0.25, 0.3) is 0 Å². The normalized spacial score (nSPS) is 18.7. The van der Waals surface area contributed by atoms with E-state index in [4.69, 9.17) is 4.42 Å². The number of imide groups is 1. The van der Waals surface area contributed by atoms with Gasteiger partial charge < -0.3 is 4.42 Å². The summed E-state index contributed by atoms with van der Waals surface area (Å²) in [4.78, 5) is 36.4. The first-order valence-corrected chi connectivity index (χ1v) is 6.53. The van der Waals surface area contributed by atoms with E-state index in [1.54, 1.807) is 0 Å². The standard InChI is InChI=1S/C14H15NO4/c1-15-11(16)7-10-13(14(15)18)9(6-12(17)19-10)5-4-8-2-3-8/h6,8H,2-5,7H2,1H3. The fourth-order valence-corrected chi connectivity index (χ4v) is 2.48. The van der Waals surface area contributed by atoms with Crippen molar-refractivity contribution in [2.24, 2.45) is 5.92 Å². The van der Waals surface area contributed by atoms with E-state index in [-0.39, 0.29) is 24.0 Å². The minimum Gasteiger partial charge on any atom is -0.426 e. The van der Waals surface area contributed by atoms with Gasteiger partial charge in [0.05, 0.1) is 12.0 Å². The van der Waals surface area contributed by atoms with Crippen LogP contribution in [0.3, 0.4) is 0 Å². The molecule has 0 aromatic carbocycles. The van der Waals surface area contributed by atoms with Gasteiger partial charge in [0.25, 0.3) is 5.91 Å². The monoisotopic (exact) mass is 261 g/mol. The summed E-state index contributed by atoms with van der Waals surface area (Å²) < 4.78 is 5.03. The van der Waals surface area contributed by atoms with Crippen molar-refractivity contribution in [1.82, 2.24) is 4.90 Å². The Hall–Kier alpha value is -1.91. The second-order valence-electron chi connectivity index (χ2n) is 5.31. The molecule has 2 heterocycles. The molecule has 3 rings (SSSR count). The minimum atomic E-state index is -0.477. The molecule has 0 unspecified atom stereocenters. The third-order valence-electron chi connectivity index (χ3n) is 3.84. The number of fused-ring (bicyclic) bond motifs is 1. The molecular formula is C14H15NO4. The molecule has 0 saturated heterocycles. The van der Waals surface area contributed by atoms with Gasteiger partial charge in [0.15, 0.2) is 0 Å². The van der Waals surface area contributed by atoms with Crippen LogP contribution in [0, 0.1) is 5.92 Å². The Morgan fingerprint density at radius 1 is 1.32 bits per heavy atom. The van der Waals surface area contributed by atoms with Crippen LogP contribution in [-0.4, -0.2) is 23.8 Å². The number of likely N-dealkylation sites (N-methyl/N-ethyl adjacent to an activating group) is 1. The Bertz CT molecular complexity index is 612. The molecule has 19 heavy (non-hydrogen) atoms. The van der Waals surface area contributed by atoms with E-state index in [0.29, 0.717) is 12.0 Å². The minimum absolute atomic E-state index is 0.00984. The molecule has 100 valence electrons. The fraction of sp³-hybridized carbons (Fsp3) is 0.500. The smallest absolute Gasteiger partial charge is 0.336 e. The number of carbonyl (C=O) groups excluding carboxylic acids is 2. The van der Waals surface area contributed by atoms with Crippen LogP contribution in [0.1, 0.15) is 40.9 Å². The highest BCUT2D eigenvalue weighted by Crippen LogP contribution is 2.34. The number of rotatable bonds is 3. The van der Waals surface area contributed by atoms with Crippen LogP contribution in [0.5, 0.6) is 0 Å². The number of carbonyl (C=O) groups is 2. The number of hydrogen-bond acceptors (Lipinski definition) is 4. The maximum Gasteiger partial charge on any atom is 0.336 e. The number of amides is 2. The first-order chi connectivity index (χ1) is 9.06. The van der Waals surface area contributed by atoms with Crippen molar-refractivity contribution in [2.45, 2.75) is 32.1 Å². The first-order valence-electron chi connectivity index (χ1n) is 6.53. The number of hydrogen-bond donors (Lipinski definition) is 0. The molecule has 1 fully saturated rings. The Kier molecular flexibility index (Phi) is 2.77. The van der Waals surface area contributed by atoms with Crippen LogP contribution in [0.15, 0.2) is 15.3 Å². The molecule has 1 saturated carbocycles. The van der Waals surface area contributed by atoms with Crippen molar-refractivity contribution in [3.8, 4) is 0 Å². The summed E-state index contributed by atoms with van der Waals surface area (Å²) in [7, 11) is 1.46. The molecule has 2 aliphatic rings. The van der Waals surface area contributed by atoms with Crippen LogP contribution >= 0.6 is 0 Å². The fourth-order valence-electron chi connectivity index (χ4n) is 2.48. The zero-order chi connectivity index (χ0) is 13.6. The molecule has 1 aromatic heterocycles. The predicted molar refractivity (Wildman–Crippen MR) is 66.8 cm³/mol. The summed E-state index contributed by atoms with van der Waals surface area (Å²) >= 11 is 0. The van der Waals surface area contributed by atoms with Gasteiger partial charge in [-0.1, -0.05) is 12.8 Å². The van der Waals surface area contributed by atoms with Gasteiger partial charge in [0.1, 0.15) is 5.76 Å². The Balaban J connectivity index is 2.01. The molecule has 1 aliphatic carbocycles. The largest absolute Gasteiger partial charge is 0.426 e. The Morgan fingerprint density at radius 2 is 2.05 bits per heavy atom. The highest BCUT2D eigenvalue weighted by atomic mass is 16.4. The molecule has 0 radical (unpaired) electrons. The maximum atomic E-state index is 12.2. The van der Waals surface area contributed by atoms with E-state index in [0.717, 1.165) is 22.8 Å². The van der Waals surface area contributed by atoms with Crippen LogP contribution in [-0.2, 0) is 17.6 Å². The van der Waals surface area contributed by atoms with Gasteiger partial charge in [0.2, 0.25) is 5.91 Å². The quantitative estimate of drug-likeness (QED) is 0.765. The average Bonchev–Trinajstić information content (AvgIpc) is 3.16. The van der Waals surface area contributed by atoms with E-state index >= 15 is 0 Å². The Morgan fingerprint density at radius 3 is 2.74 bits per heavy atom. The van der Waals surface area contributed by atoms with E-state index in [1.807, 2.05) is 0 Å². The van der Waals surface area contributed by atoms with E-state index in [9.17, 15) is 14.4 Å². The summed E-state index contributed by atoms with van der Waals surface area (Å²) in [5.74, 6) is 0.258. The molecule has 0 atom stereocenters. The summed E-state index contributed by atoms with van der Waals surface area (Å²) in [6.07, 6.45) is 4.14. The van der Waals surface area contributed by atoms with Crippen molar-refractivity contribution >= 4 is 11.8 Å². The molecule has 2 amide bonds. The molecule has 0 bridgehead atoms. The second kappa shape index (κ2) is 4.33. The maximum absolute atomic E-state index is 12.2. The zero-order valence-corrected chi connectivity index (χ0v) is 10.8.